The highest BCUT2D eigenvalue weighted by atomic mass is 16.5. The van der Waals surface area contributed by atoms with Crippen molar-refractivity contribution >= 4 is 11.9 Å². The number of hydrogen-bond acceptors (Lipinski definition) is 3. The Hall–Kier alpha value is -2.24. The summed E-state index contributed by atoms with van der Waals surface area (Å²) in [4.78, 5) is 17.5. The molecule has 0 radical (unpaired) electrons. The van der Waals surface area contributed by atoms with Gasteiger partial charge >= 0.3 is 0 Å². The number of nitrogens with zero attached hydrogens (tertiary/aromatic N) is 2. The molecular formula is C22H36N4O2. The van der Waals surface area contributed by atoms with Crippen LogP contribution in [0.2, 0.25) is 0 Å². The van der Waals surface area contributed by atoms with Crippen LogP contribution in [0, 0.1) is 11.3 Å². The van der Waals surface area contributed by atoms with E-state index in [2.05, 4.69) is 29.5 Å². The number of benzene rings is 1. The van der Waals surface area contributed by atoms with Crippen LogP contribution in [0.4, 0.5) is 0 Å². The van der Waals surface area contributed by atoms with Crippen molar-refractivity contribution in [2.75, 3.05) is 34.3 Å². The van der Waals surface area contributed by atoms with Gasteiger partial charge in [0.15, 0.2) is 12.6 Å². The molecule has 6 heteroatoms. The van der Waals surface area contributed by atoms with E-state index in [0.29, 0.717) is 17.7 Å². The van der Waals surface area contributed by atoms with Crippen LogP contribution in [-0.4, -0.2) is 51.1 Å². The molecule has 0 bridgehead atoms. The highest BCUT2D eigenvalue weighted by Gasteiger charge is 2.37. The van der Waals surface area contributed by atoms with E-state index in [9.17, 15) is 4.79 Å². The Labute approximate surface area is 169 Å². The van der Waals surface area contributed by atoms with Crippen molar-refractivity contribution in [2.24, 2.45) is 16.3 Å². The summed E-state index contributed by atoms with van der Waals surface area (Å²) >= 11 is 0. The minimum absolute atomic E-state index is 0.0467. The molecule has 1 aromatic carbocycles. The zero-order chi connectivity index (χ0) is 20.6. The Bertz CT molecular complexity index is 666. The lowest BCUT2D eigenvalue weighted by atomic mass is 9.64. The first kappa shape index (κ1) is 22.1. The summed E-state index contributed by atoms with van der Waals surface area (Å²) in [6.45, 7) is 6.27. The number of carbonyl (C=O) groups excluding carboxylic acids is 1. The summed E-state index contributed by atoms with van der Waals surface area (Å²) < 4.78 is 5.59. The van der Waals surface area contributed by atoms with Gasteiger partial charge in [-0.2, -0.15) is 0 Å². The molecular weight excluding hydrogens is 352 g/mol. The number of likely N-dealkylation sites (N-methyl/N-ethyl adjacent to an activating group) is 1. The van der Waals surface area contributed by atoms with Crippen LogP contribution in [0.5, 0.6) is 5.75 Å². The molecule has 2 N–H and O–H groups in total. The molecule has 0 saturated heterocycles. The lowest BCUT2D eigenvalue weighted by molar-refractivity contribution is -0.130. The number of rotatable bonds is 9. The van der Waals surface area contributed by atoms with Gasteiger partial charge in [0.25, 0.3) is 5.91 Å². The third-order valence-corrected chi connectivity index (χ3v) is 5.33. The molecule has 1 aliphatic rings. The van der Waals surface area contributed by atoms with Crippen LogP contribution in [0.15, 0.2) is 29.3 Å². The maximum Gasteiger partial charge on any atom is 0.259 e. The van der Waals surface area contributed by atoms with Gasteiger partial charge in [0.05, 0.1) is 0 Å². The Morgan fingerprint density at radius 2 is 2.04 bits per heavy atom. The third kappa shape index (κ3) is 6.73. The summed E-state index contributed by atoms with van der Waals surface area (Å²) in [5.41, 5.74) is 1.51. The largest absolute Gasteiger partial charge is 0.484 e. The van der Waals surface area contributed by atoms with Gasteiger partial charge in [-0.05, 0) is 48.3 Å². The molecule has 0 atom stereocenters. The second-order valence-corrected chi connectivity index (χ2v) is 8.46. The molecule has 1 amide bonds. The third-order valence-electron chi connectivity index (χ3n) is 5.33. The van der Waals surface area contributed by atoms with Crippen LogP contribution in [-0.2, 0) is 11.3 Å². The van der Waals surface area contributed by atoms with E-state index in [1.165, 1.54) is 30.6 Å². The van der Waals surface area contributed by atoms with Crippen molar-refractivity contribution in [3.05, 3.63) is 29.8 Å². The molecule has 1 aliphatic carbocycles. The van der Waals surface area contributed by atoms with Crippen molar-refractivity contribution < 1.29 is 9.53 Å². The predicted octanol–water partition coefficient (Wildman–Crippen LogP) is 3.04. The molecule has 1 fully saturated rings. The number of ether oxygens (including phenoxy) is 1. The minimum atomic E-state index is -0.0561. The summed E-state index contributed by atoms with van der Waals surface area (Å²) in [6.07, 6.45) is 5.21. The second-order valence-electron chi connectivity index (χ2n) is 8.46. The molecule has 0 unspecified atom stereocenters. The molecule has 156 valence electrons. The zero-order valence-electron chi connectivity index (χ0n) is 18.0. The van der Waals surface area contributed by atoms with Gasteiger partial charge < -0.3 is 20.3 Å². The van der Waals surface area contributed by atoms with E-state index < -0.39 is 0 Å². The zero-order valence-corrected chi connectivity index (χ0v) is 18.0. The molecule has 0 aromatic heterocycles. The fraction of sp³-hybridized carbons (Fsp3) is 0.636. The van der Waals surface area contributed by atoms with Crippen molar-refractivity contribution in [1.29, 1.82) is 0 Å². The van der Waals surface area contributed by atoms with Crippen molar-refractivity contribution in [3.63, 3.8) is 0 Å². The van der Waals surface area contributed by atoms with Gasteiger partial charge in [0.2, 0.25) is 0 Å². The first-order chi connectivity index (χ1) is 13.3. The number of nitrogens with one attached hydrogen (secondary N) is 2. The van der Waals surface area contributed by atoms with Crippen LogP contribution in [0.25, 0.3) is 0 Å². The topological polar surface area (TPSA) is 66.0 Å². The lowest BCUT2D eigenvalue weighted by Crippen LogP contribution is -2.46. The molecule has 0 spiro atoms. The van der Waals surface area contributed by atoms with E-state index in [0.717, 1.165) is 24.0 Å². The van der Waals surface area contributed by atoms with Gasteiger partial charge in [0, 0.05) is 34.2 Å². The second kappa shape index (κ2) is 10.3. The standard InChI is InChI=1S/C22H36N4O2/c1-17(2)13-22(10-7-11-22)16-25-21(23-3)24-14-18-8-6-9-19(12-18)28-15-20(27)26(4)5/h6,8-9,12,17H,7,10-11,13-16H2,1-5H3,(H2,23,24,25). The summed E-state index contributed by atoms with van der Waals surface area (Å²) in [7, 11) is 5.25. The van der Waals surface area contributed by atoms with E-state index >= 15 is 0 Å². The first-order valence-electron chi connectivity index (χ1n) is 10.2. The summed E-state index contributed by atoms with van der Waals surface area (Å²) in [5, 5.41) is 6.89. The number of amides is 1. The molecule has 0 aliphatic heterocycles. The summed E-state index contributed by atoms with van der Waals surface area (Å²) in [5.74, 6) is 2.19. The van der Waals surface area contributed by atoms with Crippen LogP contribution in [0.3, 0.4) is 0 Å². The lowest BCUT2D eigenvalue weighted by Gasteiger charge is -2.43. The molecule has 0 heterocycles. The van der Waals surface area contributed by atoms with Crippen molar-refractivity contribution in [1.82, 2.24) is 15.5 Å². The number of carbonyl (C=O) groups is 1. The molecule has 28 heavy (non-hydrogen) atoms. The summed E-state index contributed by atoms with van der Waals surface area (Å²) in [6, 6.07) is 7.79. The molecule has 1 saturated carbocycles. The fourth-order valence-electron chi connectivity index (χ4n) is 3.69. The van der Waals surface area contributed by atoms with E-state index in [4.69, 9.17) is 4.74 Å². The average Bonchev–Trinajstić information content (AvgIpc) is 2.63. The smallest absolute Gasteiger partial charge is 0.259 e. The number of guanidine groups is 1. The quantitative estimate of drug-likeness (QED) is 0.504. The van der Waals surface area contributed by atoms with Crippen molar-refractivity contribution in [3.8, 4) is 5.75 Å². The Balaban J connectivity index is 1.83. The average molecular weight is 389 g/mol. The fourth-order valence-corrected chi connectivity index (χ4v) is 3.69. The molecule has 2 rings (SSSR count). The van der Waals surface area contributed by atoms with Crippen LogP contribution in [0.1, 0.15) is 45.1 Å². The van der Waals surface area contributed by atoms with Gasteiger partial charge in [-0.1, -0.05) is 32.4 Å². The number of hydrogen-bond donors (Lipinski definition) is 2. The van der Waals surface area contributed by atoms with E-state index in [-0.39, 0.29) is 12.5 Å². The number of aliphatic imine (C=N–C) groups is 1. The van der Waals surface area contributed by atoms with E-state index in [1.807, 2.05) is 24.3 Å². The maximum atomic E-state index is 11.7. The SMILES string of the molecule is CN=C(NCc1cccc(OCC(=O)N(C)C)c1)NCC1(CC(C)C)CCC1. The maximum absolute atomic E-state index is 11.7. The molecule has 1 aromatic rings. The monoisotopic (exact) mass is 388 g/mol. The van der Waals surface area contributed by atoms with Gasteiger partial charge in [-0.15, -0.1) is 0 Å². The Morgan fingerprint density at radius 3 is 2.61 bits per heavy atom. The van der Waals surface area contributed by atoms with Crippen LogP contribution >= 0.6 is 0 Å². The normalized spacial score (nSPS) is 15.7. The predicted molar refractivity (Wildman–Crippen MR) is 115 cm³/mol. The highest BCUT2D eigenvalue weighted by Crippen LogP contribution is 2.45. The minimum Gasteiger partial charge on any atom is -0.484 e. The Morgan fingerprint density at radius 1 is 1.29 bits per heavy atom. The van der Waals surface area contributed by atoms with Gasteiger partial charge in [-0.25, -0.2) is 0 Å². The highest BCUT2D eigenvalue weighted by molar-refractivity contribution is 5.79. The van der Waals surface area contributed by atoms with Crippen molar-refractivity contribution in [2.45, 2.75) is 46.1 Å². The first-order valence-corrected chi connectivity index (χ1v) is 10.2. The Kier molecular flexibility index (Phi) is 8.15. The van der Waals surface area contributed by atoms with Gasteiger partial charge in [0.1, 0.15) is 5.75 Å². The van der Waals surface area contributed by atoms with E-state index in [1.54, 1.807) is 21.1 Å². The molecule has 6 nitrogen and oxygen atoms in total. The van der Waals surface area contributed by atoms with Crippen LogP contribution < -0.4 is 15.4 Å². The van der Waals surface area contributed by atoms with Gasteiger partial charge in [-0.3, -0.25) is 9.79 Å².